The first-order chi connectivity index (χ1) is 9.76. The van der Waals surface area contributed by atoms with Gasteiger partial charge in [-0.2, -0.15) is 0 Å². The monoisotopic (exact) mass is 289 g/mol. The Kier molecular flexibility index (Phi) is 4.03. The molecular weight excluding hydrogens is 270 g/mol. The summed E-state index contributed by atoms with van der Waals surface area (Å²) in [4.78, 5) is 0.914. The van der Waals surface area contributed by atoms with Gasteiger partial charge in [0.05, 0.1) is 23.1 Å². The minimum Gasteiger partial charge on any atom is -0.464 e. The van der Waals surface area contributed by atoms with E-state index >= 15 is 0 Å². The van der Waals surface area contributed by atoms with E-state index < -0.39 is 10.8 Å². The average molecular weight is 289 g/mol. The van der Waals surface area contributed by atoms with Crippen LogP contribution in [0.1, 0.15) is 29.1 Å². The Hall–Kier alpha value is -1.39. The Morgan fingerprint density at radius 3 is 2.80 bits per heavy atom. The number of hydrogen-bond donors (Lipinski definition) is 1. The SMILES string of the molecule is CNCc1ccc(CS(=O)c2ccc3c(c2)CCC3)o1. The highest BCUT2D eigenvalue weighted by molar-refractivity contribution is 7.84. The number of benzene rings is 1. The summed E-state index contributed by atoms with van der Waals surface area (Å²) in [6.07, 6.45) is 3.50. The minimum absolute atomic E-state index is 0.447. The van der Waals surface area contributed by atoms with Crippen molar-refractivity contribution in [3.63, 3.8) is 0 Å². The molecule has 106 valence electrons. The second-order valence-corrected chi connectivity index (χ2v) is 6.62. The van der Waals surface area contributed by atoms with Crippen molar-refractivity contribution in [3.8, 4) is 0 Å². The van der Waals surface area contributed by atoms with Gasteiger partial charge < -0.3 is 9.73 Å². The molecule has 1 N–H and O–H groups in total. The van der Waals surface area contributed by atoms with Gasteiger partial charge in [-0.3, -0.25) is 4.21 Å². The third-order valence-electron chi connectivity index (χ3n) is 3.67. The fraction of sp³-hybridized carbons (Fsp3) is 0.375. The molecule has 1 aliphatic rings. The van der Waals surface area contributed by atoms with E-state index in [1.165, 1.54) is 17.5 Å². The number of fused-ring (bicyclic) bond motifs is 1. The van der Waals surface area contributed by atoms with Gasteiger partial charge in [-0.25, -0.2) is 0 Å². The van der Waals surface area contributed by atoms with Crippen LogP contribution in [0.3, 0.4) is 0 Å². The molecular formula is C16H19NO2S. The molecule has 1 unspecified atom stereocenters. The third kappa shape index (κ3) is 2.86. The highest BCUT2D eigenvalue weighted by Crippen LogP contribution is 2.25. The second kappa shape index (κ2) is 5.94. The molecule has 1 aromatic carbocycles. The van der Waals surface area contributed by atoms with Crippen molar-refractivity contribution in [2.24, 2.45) is 0 Å². The maximum atomic E-state index is 12.4. The molecule has 20 heavy (non-hydrogen) atoms. The molecule has 1 atom stereocenters. The van der Waals surface area contributed by atoms with Gasteiger partial charge in [0.2, 0.25) is 0 Å². The predicted octanol–water partition coefficient (Wildman–Crippen LogP) is 2.80. The fourth-order valence-electron chi connectivity index (χ4n) is 2.67. The molecule has 3 nitrogen and oxygen atoms in total. The van der Waals surface area contributed by atoms with E-state index in [2.05, 4.69) is 17.4 Å². The summed E-state index contributed by atoms with van der Waals surface area (Å²) in [5, 5.41) is 3.04. The van der Waals surface area contributed by atoms with E-state index in [4.69, 9.17) is 4.42 Å². The number of furan rings is 1. The fourth-order valence-corrected chi connectivity index (χ4v) is 3.75. The topological polar surface area (TPSA) is 42.2 Å². The molecule has 0 amide bonds. The molecule has 4 heteroatoms. The van der Waals surface area contributed by atoms with Gasteiger partial charge in [-0.1, -0.05) is 6.07 Å². The molecule has 1 aliphatic carbocycles. The van der Waals surface area contributed by atoms with Gasteiger partial charge in [-0.15, -0.1) is 0 Å². The summed E-state index contributed by atoms with van der Waals surface area (Å²) in [6, 6.07) is 10.1. The maximum absolute atomic E-state index is 12.4. The zero-order valence-corrected chi connectivity index (χ0v) is 12.5. The summed E-state index contributed by atoms with van der Waals surface area (Å²) in [7, 11) is 0.848. The molecule has 1 heterocycles. The first-order valence-electron chi connectivity index (χ1n) is 6.98. The van der Waals surface area contributed by atoms with Gasteiger partial charge in [0, 0.05) is 4.90 Å². The molecule has 0 radical (unpaired) electrons. The zero-order valence-electron chi connectivity index (χ0n) is 11.6. The molecule has 0 aliphatic heterocycles. The summed E-state index contributed by atoms with van der Waals surface area (Å²) in [5.74, 6) is 2.12. The van der Waals surface area contributed by atoms with Crippen LogP contribution in [0.15, 0.2) is 39.6 Å². The summed E-state index contributed by atoms with van der Waals surface area (Å²) < 4.78 is 18.1. The van der Waals surface area contributed by atoms with Crippen molar-refractivity contribution in [3.05, 3.63) is 53.0 Å². The number of rotatable bonds is 5. The summed E-state index contributed by atoms with van der Waals surface area (Å²) in [5.41, 5.74) is 2.78. The largest absolute Gasteiger partial charge is 0.464 e. The van der Waals surface area contributed by atoms with Gasteiger partial charge >= 0.3 is 0 Å². The van der Waals surface area contributed by atoms with Crippen molar-refractivity contribution in [1.29, 1.82) is 0 Å². The average Bonchev–Trinajstić information content (AvgIpc) is 3.07. The third-order valence-corrected chi connectivity index (χ3v) is 5.00. The van der Waals surface area contributed by atoms with Crippen molar-refractivity contribution in [2.75, 3.05) is 7.05 Å². The lowest BCUT2D eigenvalue weighted by atomic mass is 10.1. The lowest BCUT2D eigenvalue weighted by Gasteiger charge is -2.04. The van der Waals surface area contributed by atoms with Gasteiger partial charge in [0.1, 0.15) is 11.5 Å². The van der Waals surface area contributed by atoms with Crippen LogP contribution in [-0.4, -0.2) is 11.3 Å². The van der Waals surface area contributed by atoms with Crippen LogP contribution in [0.5, 0.6) is 0 Å². The lowest BCUT2D eigenvalue weighted by Crippen LogP contribution is -2.03. The van der Waals surface area contributed by atoms with E-state index in [1.807, 2.05) is 25.2 Å². The van der Waals surface area contributed by atoms with Crippen LogP contribution in [0.25, 0.3) is 0 Å². The Balaban J connectivity index is 1.72. The van der Waals surface area contributed by atoms with Gasteiger partial charge in [-0.05, 0) is 61.7 Å². The van der Waals surface area contributed by atoms with Crippen LogP contribution in [0.2, 0.25) is 0 Å². The standard InChI is InChI=1S/C16H19NO2S/c1-17-10-14-6-7-15(19-14)11-20(18)16-8-5-12-3-2-4-13(12)9-16/h5-9,17H,2-4,10-11H2,1H3. The van der Waals surface area contributed by atoms with E-state index in [1.54, 1.807) is 0 Å². The molecule has 0 saturated carbocycles. The quantitative estimate of drug-likeness (QED) is 0.920. The van der Waals surface area contributed by atoms with Crippen LogP contribution >= 0.6 is 0 Å². The molecule has 2 aromatic rings. The Morgan fingerprint density at radius 2 is 1.95 bits per heavy atom. The van der Waals surface area contributed by atoms with Crippen LogP contribution in [-0.2, 0) is 35.9 Å². The van der Waals surface area contributed by atoms with Crippen LogP contribution in [0, 0.1) is 0 Å². The van der Waals surface area contributed by atoms with Crippen LogP contribution in [0.4, 0.5) is 0 Å². The predicted molar refractivity (Wildman–Crippen MR) is 80.1 cm³/mol. The summed E-state index contributed by atoms with van der Waals surface area (Å²) >= 11 is 0. The van der Waals surface area contributed by atoms with Crippen molar-refractivity contribution < 1.29 is 8.63 Å². The van der Waals surface area contributed by atoms with Gasteiger partial charge in [0.25, 0.3) is 0 Å². The first kappa shape index (κ1) is 13.6. The highest BCUT2D eigenvalue weighted by Gasteiger charge is 2.14. The highest BCUT2D eigenvalue weighted by atomic mass is 32.2. The van der Waals surface area contributed by atoms with E-state index in [-0.39, 0.29) is 0 Å². The molecule has 0 spiro atoms. The number of nitrogens with one attached hydrogen (secondary N) is 1. The maximum Gasteiger partial charge on any atom is 0.117 e. The normalized spacial score (nSPS) is 15.2. The Morgan fingerprint density at radius 1 is 1.15 bits per heavy atom. The first-order valence-corrected chi connectivity index (χ1v) is 8.30. The van der Waals surface area contributed by atoms with Crippen molar-refractivity contribution in [1.82, 2.24) is 5.32 Å². The van der Waals surface area contributed by atoms with E-state index in [0.717, 1.165) is 29.3 Å². The minimum atomic E-state index is -1.03. The molecule has 3 rings (SSSR count). The number of hydrogen-bond acceptors (Lipinski definition) is 3. The van der Waals surface area contributed by atoms with Crippen LogP contribution < -0.4 is 5.32 Å². The Bertz CT molecular complexity index is 633. The van der Waals surface area contributed by atoms with Crippen molar-refractivity contribution >= 4 is 10.8 Å². The second-order valence-electron chi connectivity index (χ2n) is 5.17. The lowest BCUT2D eigenvalue weighted by molar-refractivity contribution is 0.467. The molecule has 0 fully saturated rings. The van der Waals surface area contributed by atoms with Crippen molar-refractivity contribution in [2.45, 2.75) is 36.5 Å². The summed E-state index contributed by atoms with van der Waals surface area (Å²) in [6.45, 7) is 0.700. The molecule has 0 bridgehead atoms. The molecule has 1 aromatic heterocycles. The molecule has 0 saturated heterocycles. The Labute approximate surface area is 121 Å². The van der Waals surface area contributed by atoms with Gasteiger partial charge in [0.15, 0.2) is 0 Å². The zero-order chi connectivity index (χ0) is 13.9. The smallest absolute Gasteiger partial charge is 0.117 e. The van der Waals surface area contributed by atoms with E-state index in [0.29, 0.717) is 12.3 Å². The number of aryl methyl sites for hydroxylation is 2. The van der Waals surface area contributed by atoms with E-state index in [9.17, 15) is 4.21 Å².